The second-order valence-electron chi connectivity index (χ2n) is 6.44. The van der Waals surface area contributed by atoms with Crippen molar-refractivity contribution < 1.29 is 9.90 Å². The maximum Gasteiger partial charge on any atom is 0.407 e. The number of rotatable bonds is 3. The minimum absolute atomic E-state index is 0.264. The van der Waals surface area contributed by atoms with Crippen LogP contribution in [0.1, 0.15) is 16.9 Å². The van der Waals surface area contributed by atoms with E-state index in [0.29, 0.717) is 18.9 Å². The minimum Gasteiger partial charge on any atom is -0.465 e. The van der Waals surface area contributed by atoms with E-state index in [-0.39, 0.29) is 6.04 Å². The number of carboxylic acid groups (broad SMARTS) is 1. The van der Waals surface area contributed by atoms with Gasteiger partial charge in [0.25, 0.3) is 0 Å². The Bertz CT molecular complexity index is 805. The summed E-state index contributed by atoms with van der Waals surface area (Å²) in [5, 5.41) is 22.4. The lowest BCUT2D eigenvalue weighted by molar-refractivity contribution is 0.155. The maximum atomic E-state index is 11.1. The van der Waals surface area contributed by atoms with E-state index < -0.39 is 6.09 Å². The molecular weight excluding hydrogens is 336 g/mol. The van der Waals surface area contributed by atoms with E-state index in [2.05, 4.69) is 22.3 Å². The summed E-state index contributed by atoms with van der Waals surface area (Å²) in [4.78, 5) is 15.9. The number of nitrogens with zero attached hydrogens (tertiary/aromatic N) is 2. The van der Waals surface area contributed by atoms with Gasteiger partial charge in [0.1, 0.15) is 5.84 Å². The Morgan fingerprint density at radius 3 is 2.92 bits per heavy atom. The van der Waals surface area contributed by atoms with Crippen LogP contribution in [0.25, 0.3) is 0 Å². The van der Waals surface area contributed by atoms with E-state index in [1.54, 1.807) is 11.3 Å². The number of amidine groups is 1. The van der Waals surface area contributed by atoms with Gasteiger partial charge >= 0.3 is 6.09 Å². The number of anilines is 2. The highest BCUT2D eigenvalue weighted by Crippen LogP contribution is 2.34. The van der Waals surface area contributed by atoms with Crippen LogP contribution in [0.4, 0.5) is 16.2 Å². The second-order valence-corrected chi connectivity index (χ2v) is 7.38. The molecule has 1 saturated heterocycles. The van der Waals surface area contributed by atoms with Crippen LogP contribution >= 0.6 is 11.3 Å². The Morgan fingerprint density at radius 1 is 1.32 bits per heavy atom. The van der Waals surface area contributed by atoms with Crippen LogP contribution in [-0.4, -0.2) is 47.6 Å². The fourth-order valence-electron chi connectivity index (χ4n) is 3.68. The molecule has 1 fully saturated rings. The van der Waals surface area contributed by atoms with E-state index in [0.717, 1.165) is 30.0 Å². The summed E-state index contributed by atoms with van der Waals surface area (Å²) < 4.78 is 0. The third kappa shape index (κ3) is 3.07. The largest absolute Gasteiger partial charge is 0.465 e. The molecule has 1 aromatic heterocycles. The van der Waals surface area contributed by atoms with Crippen molar-refractivity contribution >= 4 is 34.6 Å². The Labute approximate surface area is 150 Å². The van der Waals surface area contributed by atoms with E-state index in [4.69, 9.17) is 10.5 Å². The number of benzene rings is 1. The van der Waals surface area contributed by atoms with Gasteiger partial charge in [-0.2, -0.15) is 0 Å². The first-order valence-electron chi connectivity index (χ1n) is 8.39. The molecule has 2 aromatic rings. The molecule has 6 nitrogen and oxygen atoms in total. The molecule has 1 unspecified atom stereocenters. The molecule has 0 aliphatic carbocycles. The molecule has 3 heterocycles. The quantitative estimate of drug-likeness (QED) is 0.582. The van der Waals surface area contributed by atoms with Gasteiger partial charge < -0.3 is 20.2 Å². The Hall–Kier alpha value is -2.54. The van der Waals surface area contributed by atoms with Crippen molar-refractivity contribution in [2.75, 3.05) is 29.9 Å². The third-order valence-corrected chi connectivity index (χ3v) is 5.81. The zero-order chi connectivity index (χ0) is 17.4. The predicted molar refractivity (Wildman–Crippen MR) is 100 cm³/mol. The zero-order valence-electron chi connectivity index (χ0n) is 13.7. The van der Waals surface area contributed by atoms with Crippen LogP contribution in [-0.2, 0) is 6.42 Å². The van der Waals surface area contributed by atoms with Gasteiger partial charge in [0.2, 0.25) is 0 Å². The van der Waals surface area contributed by atoms with Crippen LogP contribution in [0.2, 0.25) is 0 Å². The summed E-state index contributed by atoms with van der Waals surface area (Å²) in [6.45, 7) is 2.13. The normalized spacial score (nSPS) is 19.1. The van der Waals surface area contributed by atoms with E-state index >= 15 is 0 Å². The highest BCUT2D eigenvalue weighted by atomic mass is 32.1. The molecule has 4 rings (SSSR count). The van der Waals surface area contributed by atoms with E-state index in [1.807, 2.05) is 23.6 Å². The topological polar surface area (TPSA) is 79.7 Å². The first-order chi connectivity index (χ1) is 12.1. The molecule has 0 spiro atoms. The minimum atomic E-state index is -0.825. The van der Waals surface area contributed by atoms with Crippen molar-refractivity contribution in [3.05, 3.63) is 46.2 Å². The second kappa shape index (κ2) is 6.40. The lowest BCUT2D eigenvalue weighted by Crippen LogP contribution is -2.37. The van der Waals surface area contributed by atoms with Gasteiger partial charge in [0.05, 0.1) is 4.88 Å². The first-order valence-corrected chi connectivity index (χ1v) is 9.26. The van der Waals surface area contributed by atoms with Gasteiger partial charge in [-0.3, -0.25) is 5.41 Å². The number of amides is 1. The van der Waals surface area contributed by atoms with Crippen LogP contribution in [0.3, 0.4) is 0 Å². The number of nitrogens with one attached hydrogen (secondary N) is 2. The summed E-state index contributed by atoms with van der Waals surface area (Å²) in [7, 11) is 0. The monoisotopic (exact) mass is 356 g/mol. The van der Waals surface area contributed by atoms with Crippen molar-refractivity contribution in [3.63, 3.8) is 0 Å². The van der Waals surface area contributed by atoms with Crippen LogP contribution < -0.4 is 10.2 Å². The zero-order valence-corrected chi connectivity index (χ0v) is 14.6. The molecule has 2 aliphatic heterocycles. The van der Waals surface area contributed by atoms with Crippen LogP contribution in [0, 0.1) is 5.41 Å². The summed E-state index contributed by atoms with van der Waals surface area (Å²) >= 11 is 1.55. The first kappa shape index (κ1) is 16.0. The van der Waals surface area contributed by atoms with E-state index in [1.165, 1.54) is 16.2 Å². The average molecular weight is 356 g/mol. The summed E-state index contributed by atoms with van der Waals surface area (Å²) in [6.07, 6.45) is 1.02. The van der Waals surface area contributed by atoms with Gasteiger partial charge in [0, 0.05) is 37.1 Å². The molecule has 3 N–H and O–H groups in total. The molecule has 25 heavy (non-hydrogen) atoms. The Balaban J connectivity index is 1.47. The highest BCUT2D eigenvalue weighted by molar-refractivity contribution is 7.12. The molecule has 2 aliphatic rings. The number of hydrogen-bond donors (Lipinski definition) is 3. The number of carbonyl (C=O) groups is 1. The molecular formula is C18H20N4O2S. The summed E-state index contributed by atoms with van der Waals surface area (Å²) in [5.41, 5.74) is 3.39. The van der Waals surface area contributed by atoms with E-state index in [9.17, 15) is 4.79 Å². The standard InChI is InChI=1S/C18H20N4O2S/c19-17(16-2-1-9-25-16)20-13-3-4-15-12(10-13)5-8-22(15)14-6-7-21(11-14)18(23)24/h1-4,9-10,14H,5-8,11H2,(H2,19,20)(H,23,24). The van der Waals surface area contributed by atoms with Gasteiger partial charge in [-0.05, 0) is 48.1 Å². The predicted octanol–water partition coefficient (Wildman–Crippen LogP) is 3.30. The smallest absolute Gasteiger partial charge is 0.407 e. The van der Waals surface area contributed by atoms with Gasteiger partial charge in [-0.1, -0.05) is 6.07 Å². The number of thiophene rings is 1. The molecule has 0 radical (unpaired) electrons. The van der Waals surface area contributed by atoms with Crippen molar-refractivity contribution in [1.82, 2.24) is 4.90 Å². The molecule has 0 bridgehead atoms. The highest BCUT2D eigenvalue weighted by Gasteiger charge is 2.33. The van der Waals surface area contributed by atoms with Crippen molar-refractivity contribution in [1.29, 1.82) is 5.41 Å². The lowest BCUT2D eigenvalue weighted by Gasteiger charge is -2.27. The van der Waals surface area contributed by atoms with Gasteiger partial charge in [-0.25, -0.2) is 4.79 Å². The van der Waals surface area contributed by atoms with Gasteiger partial charge in [0.15, 0.2) is 0 Å². The lowest BCUT2D eigenvalue weighted by atomic mass is 10.1. The third-order valence-electron chi connectivity index (χ3n) is 4.92. The van der Waals surface area contributed by atoms with Crippen molar-refractivity contribution in [2.24, 2.45) is 0 Å². The fraction of sp³-hybridized carbons (Fsp3) is 0.333. The van der Waals surface area contributed by atoms with Crippen LogP contribution in [0.5, 0.6) is 0 Å². The molecule has 7 heteroatoms. The number of fused-ring (bicyclic) bond motifs is 1. The Kier molecular flexibility index (Phi) is 4.09. The average Bonchev–Trinajstić information content (AvgIpc) is 3.33. The molecule has 1 atom stereocenters. The Morgan fingerprint density at radius 2 is 2.20 bits per heavy atom. The maximum absolute atomic E-state index is 11.1. The van der Waals surface area contributed by atoms with Crippen molar-refractivity contribution in [3.8, 4) is 0 Å². The van der Waals surface area contributed by atoms with Gasteiger partial charge in [-0.15, -0.1) is 11.3 Å². The SMILES string of the molecule is N=C(Nc1ccc2c(c1)CCN2C1CCN(C(=O)O)C1)c1cccs1. The summed E-state index contributed by atoms with van der Waals surface area (Å²) in [5.74, 6) is 0.415. The molecule has 0 saturated carbocycles. The number of hydrogen-bond acceptors (Lipinski definition) is 4. The molecule has 1 amide bonds. The molecule has 1 aromatic carbocycles. The van der Waals surface area contributed by atoms with Crippen molar-refractivity contribution in [2.45, 2.75) is 18.9 Å². The summed E-state index contributed by atoms with van der Waals surface area (Å²) in [6, 6.07) is 10.4. The molecule has 130 valence electrons. The van der Waals surface area contributed by atoms with Crippen LogP contribution in [0.15, 0.2) is 35.7 Å². The fourth-order valence-corrected chi connectivity index (χ4v) is 4.31. The number of likely N-dealkylation sites (tertiary alicyclic amines) is 1.